The molecule has 2 atom stereocenters. The zero-order chi connectivity index (χ0) is 9.91. The number of hydrogen-bond donors (Lipinski definition) is 0. The standard InChI is InChI=1S/C12H24N.HI/c1-11(2)10-6-7-12(11,3)9-13(4,5)8-10;/h10H,6-9H2,1-5H3;1H/q+1;/p-1. The van der Waals surface area contributed by atoms with Gasteiger partial charge in [0.15, 0.2) is 0 Å². The number of hydrogen-bond acceptors (Lipinski definition) is 0. The summed E-state index contributed by atoms with van der Waals surface area (Å²) in [6.45, 7) is 10.2. The molecule has 0 aromatic carbocycles. The van der Waals surface area contributed by atoms with Crippen LogP contribution in [0.25, 0.3) is 0 Å². The lowest BCUT2D eigenvalue weighted by Crippen LogP contribution is -3.00. The smallest absolute Gasteiger partial charge is 0.0842 e. The van der Waals surface area contributed by atoms with Crippen molar-refractivity contribution in [3.05, 3.63) is 0 Å². The van der Waals surface area contributed by atoms with Crippen molar-refractivity contribution >= 4 is 0 Å². The highest BCUT2D eigenvalue weighted by Gasteiger charge is 2.59. The van der Waals surface area contributed by atoms with Gasteiger partial charge >= 0.3 is 0 Å². The molecule has 2 aliphatic rings. The molecule has 0 radical (unpaired) electrons. The lowest BCUT2D eigenvalue weighted by atomic mass is 9.63. The van der Waals surface area contributed by atoms with Gasteiger partial charge in [-0.3, -0.25) is 0 Å². The Hall–Kier alpha value is 0.690. The maximum absolute atomic E-state index is 2.51. The molecule has 1 aliphatic heterocycles. The van der Waals surface area contributed by atoms with Crippen molar-refractivity contribution < 1.29 is 28.5 Å². The zero-order valence-electron chi connectivity index (χ0n) is 10.2. The first kappa shape index (κ1) is 12.8. The lowest BCUT2D eigenvalue weighted by Gasteiger charge is -2.52. The summed E-state index contributed by atoms with van der Waals surface area (Å²) in [6.07, 6.45) is 2.91. The Kier molecular flexibility index (Phi) is 3.04. The second kappa shape index (κ2) is 3.34. The van der Waals surface area contributed by atoms with Crippen molar-refractivity contribution in [3.8, 4) is 0 Å². The van der Waals surface area contributed by atoms with Gasteiger partial charge in [-0.05, 0) is 18.3 Å². The summed E-state index contributed by atoms with van der Waals surface area (Å²) in [4.78, 5) is 0. The number of piperidine rings is 1. The quantitative estimate of drug-likeness (QED) is 0.419. The first-order chi connectivity index (χ1) is 5.77. The van der Waals surface area contributed by atoms with Crippen LogP contribution in [-0.2, 0) is 0 Å². The van der Waals surface area contributed by atoms with Crippen LogP contribution in [0.15, 0.2) is 0 Å². The van der Waals surface area contributed by atoms with Gasteiger partial charge in [-0.15, -0.1) is 0 Å². The van der Waals surface area contributed by atoms with Crippen LogP contribution >= 0.6 is 0 Å². The fourth-order valence-electron chi connectivity index (χ4n) is 3.88. The summed E-state index contributed by atoms with van der Waals surface area (Å²) < 4.78 is 1.24. The number of likely N-dealkylation sites (tertiary alicyclic amines) is 1. The van der Waals surface area contributed by atoms with E-state index in [9.17, 15) is 0 Å². The minimum absolute atomic E-state index is 0. The Morgan fingerprint density at radius 2 is 1.71 bits per heavy atom. The summed E-state index contributed by atoms with van der Waals surface area (Å²) in [7, 11) is 4.79. The number of fused-ring (bicyclic) bond motifs is 2. The van der Waals surface area contributed by atoms with Crippen molar-refractivity contribution in [1.82, 2.24) is 0 Å². The van der Waals surface area contributed by atoms with Crippen LogP contribution < -0.4 is 24.0 Å². The van der Waals surface area contributed by atoms with E-state index < -0.39 is 0 Å². The predicted octanol–water partition coefficient (Wildman–Crippen LogP) is -0.477. The summed E-state index contributed by atoms with van der Waals surface area (Å²) >= 11 is 0. The SMILES string of the molecule is CC12CCC(C[N+](C)(C)C1)C2(C)C.[I-]. The van der Waals surface area contributed by atoms with Gasteiger partial charge in [-0.1, -0.05) is 20.8 Å². The summed E-state index contributed by atoms with van der Waals surface area (Å²) in [5, 5.41) is 0. The Labute approximate surface area is 106 Å². The van der Waals surface area contributed by atoms with E-state index >= 15 is 0 Å². The van der Waals surface area contributed by atoms with E-state index in [2.05, 4.69) is 34.9 Å². The molecule has 0 N–H and O–H groups in total. The maximum atomic E-state index is 2.51. The van der Waals surface area contributed by atoms with Crippen LogP contribution in [-0.4, -0.2) is 31.7 Å². The monoisotopic (exact) mass is 309 g/mol. The fraction of sp³-hybridized carbons (Fsp3) is 1.00. The molecule has 84 valence electrons. The Morgan fingerprint density at radius 1 is 1.14 bits per heavy atom. The molecule has 0 spiro atoms. The average Bonchev–Trinajstić information content (AvgIpc) is 2.14. The van der Waals surface area contributed by atoms with Crippen molar-refractivity contribution in [2.24, 2.45) is 16.7 Å². The molecule has 14 heavy (non-hydrogen) atoms. The van der Waals surface area contributed by atoms with Gasteiger partial charge in [-0.2, -0.15) is 0 Å². The average molecular weight is 309 g/mol. The van der Waals surface area contributed by atoms with E-state index in [1.807, 2.05) is 0 Å². The molecular weight excluding hydrogens is 285 g/mol. The van der Waals surface area contributed by atoms with E-state index in [1.165, 1.54) is 30.4 Å². The molecule has 1 heterocycles. The largest absolute Gasteiger partial charge is 1.00 e. The van der Waals surface area contributed by atoms with Crippen LogP contribution in [0.3, 0.4) is 0 Å². The molecule has 2 unspecified atom stereocenters. The number of quaternary nitrogens is 1. The van der Waals surface area contributed by atoms with E-state index in [4.69, 9.17) is 0 Å². The highest BCUT2D eigenvalue weighted by Crippen LogP contribution is 2.59. The van der Waals surface area contributed by atoms with E-state index in [0.29, 0.717) is 10.8 Å². The van der Waals surface area contributed by atoms with Crippen LogP contribution in [0.1, 0.15) is 33.6 Å². The number of rotatable bonds is 0. The molecule has 2 bridgehead atoms. The van der Waals surface area contributed by atoms with E-state index in [0.717, 1.165) is 5.92 Å². The van der Waals surface area contributed by atoms with Gasteiger partial charge in [0.1, 0.15) is 0 Å². The van der Waals surface area contributed by atoms with Crippen LogP contribution in [0, 0.1) is 16.7 Å². The molecule has 0 amide bonds. The lowest BCUT2D eigenvalue weighted by molar-refractivity contribution is -0.907. The highest BCUT2D eigenvalue weighted by atomic mass is 127. The molecule has 0 aromatic rings. The summed E-state index contributed by atoms with van der Waals surface area (Å²) in [6, 6.07) is 0. The van der Waals surface area contributed by atoms with Gasteiger partial charge < -0.3 is 28.5 Å². The van der Waals surface area contributed by atoms with Crippen molar-refractivity contribution in [2.75, 3.05) is 27.2 Å². The Balaban J connectivity index is 0.000000980. The highest BCUT2D eigenvalue weighted by molar-refractivity contribution is 5.02. The molecular formula is C12H24IN. The van der Waals surface area contributed by atoms with Crippen molar-refractivity contribution in [2.45, 2.75) is 33.6 Å². The van der Waals surface area contributed by atoms with Gasteiger partial charge in [-0.25, -0.2) is 0 Å². The molecule has 0 aromatic heterocycles. The third kappa shape index (κ3) is 1.62. The number of nitrogens with zero attached hydrogens (tertiary/aromatic N) is 1. The first-order valence-electron chi connectivity index (χ1n) is 5.59. The normalized spacial score (nSPS) is 43.1. The minimum Gasteiger partial charge on any atom is -1.00 e. The van der Waals surface area contributed by atoms with Gasteiger partial charge in [0.2, 0.25) is 0 Å². The molecule has 1 saturated heterocycles. The number of halogens is 1. The van der Waals surface area contributed by atoms with Gasteiger partial charge in [0, 0.05) is 11.3 Å². The Morgan fingerprint density at radius 3 is 2.21 bits per heavy atom. The molecule has 2 heteroatoms. The molecule has 2 rings (SSSR count). The van der Waals surface area contributed by atoms with E-state index in [1.54, 1.807) is 0 Å². The van der Waals surface area contributed by atoms with E-state index in [-0.39, 0.29) is 24.0 Å². The summed E-state index contributed by atoms with van der Waals surface area (Å²) in [5.41, 5.74) is 1.18. The van der Waals surface area contributed by atoms with Crippen LogP contribution in [0.2, 0.25) is 0 Å². The minimum atomic E-state index is 0. The molecule has 1 nitrogen and oxygen atoms in total. The molecule has 2 fully saturated rings. The van der Waals surface area contributed by atoms with Crippen LogP contribution in [0.5, 0.6) is 0 Å². The Bertz CT molecular complexity index is 234. The fourth-order valence-corrected chi connectivity index (χ4v) is 3.88. The topological polar surface area (TPSA) is 0 Å². The predicted molar refractivity (Wildman–Crippen MR) is 56.5 cm³/mol. The second-order valence-corrected chi connectivity index (χ2v) is 6.79. The van der Waals surface area contributed by atoms with Gasteiger partial charge in [0.25, 0.3) is 0 Å². The van der Waals surface area contributed by atoms with Gasteiger partial charge in [0.05, 0.1) is 27.2 Å². The first-order valence-corrected chi connectivity index (χ1v) is 5.59. The molecule has 1 aliphatic carbocycles. The molecule has 1 saturated carbocycles. The van der Waals surface area contributed by atoms with Crippen LogP contribution in [0.4, 0.5) is 0 Å². The summed E-state index contributed by atoms with van der Waals surface area (Å²) in [5.74, 6) is 0.959. The third-order valence-corrected chi connectivity index (χ3v) is 5.11. The van der Waals surface area contributed by atoms with Crippen molar-refractivity contribution in [3.63, 3.8) is 0 Å². The second-order valence-electron chi connectivity index (χ2n) is 6.79. The zero-order valence-corrected chi connectivity index (χ0v) is 12.4. The maximum Gasteiger partial charge on any atom is 0.0842 e. The van der Waals surface area contributed by atoms with Crippen molar-refractivity contribution in [1.29, 1.82) is 0 Å². The third-order valence-electron chi connectivity index (χ3n) is 5.11.